The Balaban J connectivity index is 1.91. The Morgan fingerprint density at radius 3 is 2.88 bits per heavy atom. The minimum atomic E-state index is -3.31. The average Bonchev–Trinajstić information content (AvgIpc) is 2.90. The molecule has 0 saturated heterocycles. The molecule has 6 heteroatoms. The van der Waals surface area contributed by atoms with E-state index in [-0.39, 0.29) is 0 Å². The summed E-state index contributed by atoms with van der Waals surface area (Å²) in [6.07, 6.45) is 4.37. The molecule has 0 saturated carbocycles. The molecule has 0 unspecified atom stereocenters. The second-order valence-corrected chi connectivity index (χ2v) is 6.24. The van der Waals surface area contributed by atoms with E-state index in [1.54, 1.807) is 17.5 Å². The number of rotatable bonds is 5. The van der Waals surface area contributed by atoms with Crippen molar-refractivity contribution < 1.29 is 8.42 Å². The number of sulfonamides is 1. The third-order valence-corrected chi connectivity index (χ3v) is 4.99. The SMILES string of the molecule is O=S(=O)(NCCc1cc[nH]c1)c1cccs1. The van der Waals surface area contributed by atoms with Crippen LogP contribution in [0.1, 0.15) is 5.56 Å². The van der Waals surface area contributed by atoms with Crippen molar-refractivity contribution >= 4 is 21.4 Å². The van der Waals surface area contributed by atoms with E-state index < -0.39 is 10.0 Å². The summed E-state index contributed by atoms with van der Waals surface area (Å²) in [7, 11) is -3.31. The van der Waals surface area contributed by atoms with E-state index in [1.807, 2.05) is 18.5 Å². The zero-order valence-corrected chi connectivity index (χ0v) is 10.1. The van der Waals surface area contributed by atoms with Crippen molar-refractivity contribution in [3.8, 4) is 0 Å². The number of aromatic amines is 1. The lowest BCUT2D eigenvalue weighted by Crippen LogP contribution is -2.25. The molecule has 0 bridgehead atoms. The summed E-state index contributed by atoms with van der Waals surface area (Å²) < 4.78 is 26.4. The molecule has 16 heavy (non-hydrogen) atoms. The van der Waals surface area contributed by atoms with Crippen molar-refractivity contribution in [1.29, 1.82) is 0 Å². The van der Waals surface area contributed by atoms with Crippen LogP contribution in [0.25, 0.3) is 0 Å². The quantitative estimate of drug-likeness (QED) is 0.853. The smallest absolute Gasteiger partial charge is 0.250 e. The molecule has 0 amide bonds. The van der Waals surface area contributed by atoms with Crippen LogP contribution in [-0.4, -0.2) is 19.9 Å². The van der Waals surface area contributed by atoms with Gasteiger partial charge in [-0.2, -0.15) is 0 Å². The number of hydrogen-bond acceptors (Lipinski definition) is 3. The van der Waals surface area contributed by atoms with Gasteiger partial charge in [-0.1, -0.05) is 6.07 Å². The molecular formula is C10H12N2O2S2. The van der Waals surface area contributed by atoms with E-state index in [9.17, 15) is 8.42 Å². The van der Waals surface area contributed by atoms with Gasteiger partial charge in [-0.3, -0.25) is 0 Å². The van der Waals surface area contributed by atoms with Crippen molar-refractivity contribution in [3.63, 3.8) is 0 Å². The maximum Gasteiger partial charge on any atom is 0.250 e. The molecule has 0 aliphatic rings. The van der Waals surface area contributed by atoms with Crippen LogP contribution in [0.2, 0.25) is 0 Å². The first-order valence-electron chi connectivity index (χ1n) is 4.83. The van der Waals surface area contributed by atoms with Crippen molar-refractivity contribution in [2.24, 2.45) is 0 Å². The standard InChI is InChI=1S/C10H12N2O2S2/c13-16(14,10-2-1-7-15-10)12-6-4-9-3-5-11-8-9/h1-3,5,7-8,11-12H,4,6H2. The third-order valence-electron chi connectivity index (χ3n) is 2.13. The van der Waals surface area contributed by atoms with Crippen LogP contribution >= 0.6 is 11.3 Å². The molecule has 0 aliphatic heterocycles. The van der Waals surface area contributed by atoms with Crippen molar-refractivity contribution in [2.75, 3.05) is 6.54 Å². The van der Waals surface area contributed by atoms with Gasteiger partial charge in [0.15, 0.2) is 0 Å². The number of thiophene rings is 1. The highest BCUT2D eigenvalue weighted by atomic mass is 32.2. The monoisotopic (exact) mass is 256 g/mol. The predicted molar refractivity (Wildman–Crippen MR) is 64.0 cm³/mol. The molecule has 86 valence electrons. The molecule has 2 aromatic rings. The molecule has 0 fully saturated rings. The molecule has 2 heterocycles. The molecule has 0 radical (unpaired) electrons. The second-order valence-electron chi connectivity index (χ2n) is 3.30. The predicted octanol–water partition coefficient (Wildman–Crippen LogP) is 1.60. The highest BCUT2D eigenvalue weighted by Crippen LogP contribution is 2.15. The highest BCUT2D eigenvalue weighted by molar-refractivity contribution is 7.91. The van der Waals surface area contributed by atoms with E-state index in [0.29, 0.717) is 17.2 Å². The first-order valence-corrected chi connectivity index (χ1v) is 7.19. The Kier molecular flexibility index (Phi) is 3.42. The summed E-state index contributed by atoms with van der Waals surface area (Å²) in [6.45, 7) is 0.415. The zero-order valence-electron chi connectivity index (χ0n) is 8.51. The average molecular weight is 256 g/mol. The van der Waals surface area contributed by atoms with Gasteiger partial charge < -0.3 is 4.98 Å². The molecule has 0 atom stereocenters. The van der Waals surface area contributed by atoms with Crippen molar-refractivity contribution in [1.82, 2.24) is 9.71 Å². The van der Waals surface area contributed by atoms with Crippen molar-refractivity contribution in [2.45, 2.75) is 10.6 Å². The van der Waals surface area contributed by atoms with Gasteiger partial charge in [0.1, 0.15) is 4.21 Å². The molecule has 0 spiro atoms. The summed E-state index contributed by atoms with van der Waals surface area (Å²) in [5.74, 6) is 0. The Hall–Kier alpha value is -1.11. The normalized spacial score (nSPS) is 11.8. The fraction of sp³-hybridized carbons (Fsp3) is 0.200. The third kappa shape index (κ3) is 2.72. The number of nitrogens with one attached hydrogen (secondary N) is 2. The van der Waals surface area contributed by atoms with Crippen molar-refractivity contribution in [3.05, 3.63) is 41.5 Å². The minimum Gasteiger partial charge on any atom is -0.367 e. The summed E-state index contributed by atoms with van der Waals surface area (Å²) in [4.78, 5) is 2.93. The highest BCUT2D eigenvalue weighted by Gasteiger charge is 2.13. The van der Waals surface area contributed by atoms with E-state index in [4.69, 9.17) is 0 Å². The maximum absolute atomic E-state index is 11.7. The van der Waals surface area contributed by atoms with Crippen LogP contribution in [0, 0.1) is 0 Å². The lowest BCUT2D eigenvalue weighted by molar-refractivity contribution is 0.584. The first kappa shape index (κ1) is 11.4. The lowest BCUT2D eigenvalue weighted by Gasteiger charge is -2.03. The second kappa shape index (κ2) is 4.82. The van der Waals surface area contributed by atoms with E-state index in [2.05, 4.69) is 9.71 Å². The van der Waals surface area contributed by atoms with Crippen LogP contribution in [0.15, 0.2) is 40.2 Å². The number of H-pyrrole nitrogens is 1. The Labute approximate surface area is 98.4 Å². The summed E-state index contributed by atoms with van der Waals surface area (Å²) in [5, 5.41) is 1.75. The van der Waals surface area contributed by atoms with E-state index >= 15 is 0 Å². The van der Waals surface area contributed by atoms with Gasteiger partial charge >= 0.3 is 0 Å². The summed E-state index contributed by atoms with van der Waals surface area (Å²) in [6, 6.07) is 5.26. The molecule has 2 aromatic heterocycles. The van der Waals surface area contributed by atoms with Gasteiger partial charge in [-0.15, -0.1) is 11.3 Å². The Morgan fingerprint density at radius 1 is 1.38 bits per heavy atom. The van der Waals surface area contributed by atoms with Crippen LogP contribution in [0.5, 0.6) is 0 Å². The first-order chi connectivity index (χ1) is 7.68. The van der Waals surface area contributed by atoms with Crippen LogP contribution in [0.3, 0.4) is 0 Å². The molecular weight excluding hydrogens is 244 g/mol. The maximum atomic E-state index is 11.7. The largest absolute Gasteiger partial charge is 0.367 e. The van der Waals surface area contributed by atoms with Crippen LogP contribution < -0.4 is 4.72 Å². The number of aromatic nitrogens is 1. The molecule has 4 nitrogen and oxygen atoms in total. The molecule has 0 aromatic carbocycles. The van der Waals surface area contributed by atoms with Gasteiger partial charge in [0, 0.05) is 18.9 Å². The fourth-order valence-electron chi connectivity index (χ4n) is 1.33. The lowest BCUT2D eigenvalue weighted by atomic mass is 10.2. The Morgan fingerprint density at radius 2 is 2.25 bits per heavy atom. The number of hydrogen-bond donors (Lipinski definition) is 2. The molecule has 2 N–H and O–H groups in total. The van der Waals surface area contributed by atoms with Crippen LogP contribution in [0.4, 0.5) is 0 Å². The van der Waals surface area contributed by atoms with Crippen LogP contribution in [-0.2, 0) is 16.4 Å². The topological polar surface area (TPSA) is 62.0 Å². The Bertz CT molecular complexity index is 515. The van der Waals surface area contributed by atoms with Gasteiger partial charge in [0.2, 0.25) is 10.0 Å². The van der Waals surface area contributed by atoms with E-state index in [0.717, 1.165) is 5.56 Å². The summed E-state index contributed by atoms with van der Waals surface area (Å²) in [5.41, 5.74) is 1.09. The van der Waals surface area contributed by atoms with Gasteiger partial charge in [-0.05, 0) is 29.5 Å². The zero-order chi connectivity index (χ0) is 11.4. The molecule has 0 aliphatic carbocycles. The van der Waals surface area contributed by atoms with Gasteiger partial charge in [0.05, 0.1) is 0 Å². The summed E-state index contributed by atoms with van der Waals surface area (Å²) >= 11 is 1.22. The van der Waals surface area contributed by atoms with E-state index in [1.165, 1.54) is 11.3 Å². The minimum absolute atomic E-state index is 0.363. The van der Waals surface area contributed by atoms with Gasteiger partial charge in [0.25, 0.3) is 0 Å². The van der Waals surface area contributed by atoms with Gasteiger partial charge in [-0.25, -0.2) is 13.1 Å². The molecule has 2 rings (SSSR count). The fourth-order valence-corrected chi connectivity index (χ4v) is 3.40.